The SMILES string of the molecule is Cc1nc(C)c([C@H](OC(C)(C)C)C(=O)O)c(N2CCC(C)(C)CC2)c1-c1ccc2c(c1)CCN(Cc1ccc(=O)[nH]c1)C2. The second-order valence-electron chi connectivity index (χ2n) is 14.0. The highest BCUT2D eigenvalue weighted by molar-refractivity contribution is 5.88. The number of anilines is 1. The van der Waals surface area contributed by atoms with Gasteiger partial charge in [0.2, 0.25) is 5.56 Å². The van der Waals surface area contributed by atoms with Crippen molar-refractivity contribution in [1.82, 2.24) is 14.9 Å². The molecule has 43 heavy (non-hydrogen) atoms. The molecule has 0 bridgehead atoms. The van der Waals surface area contributed by atoms with Crippen LogP contribution < -0.4 is 10.5 Å². The maximum absolute atomic E-state index is 12.8. The number of aryl methyl sites for hydroxylation is 2. The monoisotopic (exact) mass is 586 g/mol. The first-order valence-corrected chi connectivity index (χ1v) is 15.4. The number of H-pyrrole nitrogens is 1. The summed E-state index contributed by atoms with van der Waals surface area (Å²) in [5, 5.41) is 10.5. The van der Waals surface area contributed by atoms with Crippen molar-refractivity contribution in [2.24, 2.45) is 5.41 Å². The number of benzene rings is 1. The molecule has 1 saturated heterocycles. The first kappa shape index (κ1) is 31.0. The second-order valence-corrected chi connectivity index (χ2v) is 14.0. The van der Waals surface area contributed by atoms with Gasteiger partial charge in [0.15, 0.2) is 6.10 Å². The number of fused-ring (bicyclic) bond motifs is 1. The van der Waals surface area contributed by atoms with Crippen LogP contribution in [0, 0.1) is 19.3 Å². The highest BCUT2D eigenvalue weighted by atomic mass is 16.5. The third-order valence-corrected chi connectivity index (χ3v) is 8.81. The van der Waals surface area contributed by atoms with Crippen molar-refractivity contribution in [1.29, 1.82) is 0 Å². The number of aliphatic carboxylic acids is 1. The molecule has 3 aromatic rings. The summed E-state index contributed by atoms with van der Waals surface area (Å²) < 4.78 is 6.24. The number of nitrogens with one attached hydrogen (secondary N) is 1. The van der Waals surface area contributed by atoms with E-state index < -0.39 is 17.7 Å². The van der Waals surface area contributed by atoms with Crippen LogP contribution in [-0.4, -0.2) is 51.2 Å². The van der Waals surface area contributed by atoms with Crippen LogP contribution in [0.4, 0.5) is 5.69 Å². The van der Waals surface area contributed by atoms with Gasteiger partial charge in [-0.1, -0.05) is 38.1 Å². The molecule has 0 spiro atoms. The summed E-state index contributed by atoms with van der Waals surface area (Å²) in [6, 6.07) is 10.1. The van der Waals surface area contributed by atoms with Crippen LogP contribution in [-0.2, 0) is 29.0 Å². The van der Waals surface area contributed by atoms with Crippen molar-refractivity contribution in [2.75, 3.05) is 24.5 Å². The molecule has 2 aliphatic heterocycles. The second kappa shape index (κ2) is 11.9. The largest absolute Gasteiger partial charge is 0.479 e. The summed E-state index contributed by atoms with van der Waals surface area (Å²) >= 11 is 0. The third kappa shape index (κ3) is 7.02. The predicted molar refractivity (Wildman–Crippen MR) is 170 cm³/mol. The summed E-state index contributed by atoms with van der Waals surface area (Å²) in [5.74, 6) is -0.999. The van der Waals surface area contributed by atoms with Gasteiger partial charge in [-0.05, 0) is 81.5 Å². The fraction of sp³-hybridized carbons (Fsp3) is 0.514. The van der Waals surface area contributed by atoms with Crippen LogP contribution in [0.15, 0.2) is 41.3 Å². The number of nitrogens with zero attached hydrogens (tertiary/aromatic N) is 3. The number of piperidine rings is 1. The summed E-state index contributed by atoms with van der Waals surface area (Å²) in [6.45, 7) is 18.5. The van der Waals surface area contributed by atoms with Gasteiger partial charge in [0.05, 0.1) is 11.3 Å². The Labute approximate surface area is 255 Å². The zero-order valence-corrected chi connectivity index (χ0v) is 26.7. The Morgan fingerprint density at radius 2 is 1.79 bits per heavy atom. The van der Waals surface area contributed by atoms with E-state index >= 15 is 0 Å². The standard InChI is InChI=1S/C35H46N4O4/c1-22-29(26-9-10-27-21-38(15-12-25(27)18-26)20-24-8-11-28(40)36-19-24)31(39-16-13-35(6,7)14-17-39)30(23(2)37-22)32(33(41)42)43-34(3,4)5/h8-11,18-19,32H,12-17,20-21H2,1-7H3,(H,36,40)(H,41,42)/t32-/m0/s1. The fourth-order valence-corrected chi connectivity index (χ4v) is 6.46. The van der Waals surface area contributed by atoms with Crippen LogP contribution in [0.5, 0.6) is 0 Å². The Kier molecular flexibility index (Phi) is 8.56. The van der Waals surface area contributed by atoms with Crippen LogP contribution in [0.3, 0.4) is 0 Å². The Morgan fingerprint density at radius 3 is 2.42 bits per heavy atom. The molecule has 0 saturated carbocycles. The van der Waals surface area contributed by atoms with Gasteiger partial charge in [0.1, 0.15) is 0 Å². The average molecular weight is 587 g/mol. The summed E-state index contributed by atoms with van der Waals surface area (Å²) in [6.07, 6.45) is 3.63. The number of aromatic amines is 1. The number of carbonyl (C=O) groups is 1. The third-order valence-electron chi connectivity index (χ3n) is 8.81. The fourth-order valence-electron chi connectivity index (χ4n) is 6.46. The molecule has 4 heterocycles. The molecule has 1 atom stereocenters. The quantitative estimate of drug-likeness (QED) is 0.341. The molecule has 1 aromatic carbocycles. The molecule has 1 fully saturated rings. The normalized spacial score (nSPS) is 17.9. The average Bonchev–Trinajstić information content (AvgIpc) is 2.92. The van der Waals surface area contributed by atoms with Crippen molar-refractivity contribution in [3.63, 3.8) is 0 Å². The number of pyridine rings is 2. The minimum absolute atomic E-state index is 0.0865. The zero-order chi connectivity index (χ0) is 31.1. The maximum Gasteiger partial charge on any atom is 0.337 e. The molecule has 0 unspecified atom stereocenters. The maximum atomic E-state index is 12.8. The number of aromatic nitrogens is 2. The van der Waals surface area contributed by atoms with E-state index in [0.717, 1.165) is 80.1 Å². The van der Waals surface area contributed by atoms with Crippen molar-refractivity contribution < 1.29 is 14.6 Å². The number of carboxylic acids is 1. The van der Waals surface area contributed by atoms with Crippen LogP contribution >= 0.6 is 0 Å². The van der Waals surface area contributed by atoms with Gasteiger partial charge in [0, 0.05) is 67.5 Å². The predicted octanol–water partition coefficient (Wildman–Crippen LogP) is 6.18. The molecule has 0 amide bonds. The lowest BCUT2D eigenvalue weighted by molar-refractivity contribution is -0.160. The summed E-state index contributed by atoms with van der Waals surface area (Å²) in [7, 11) is 0. The van der Waals surface area contributed by atoms with Crippen molar-refractivity contribution >= 4 is 11.7 Å². The van der Waals surface area contributed by atoms with Gasteiger partial charge in [-0.3, -0.25) is 14.7 Å². The Bertz CT molecular complexity index is 1540. The molecular formula is C35H46N4O4. The van der Waals surface area contributed by atoms with Gasteiger partial charge in [0.25, 0.3) is 0 Å². The van der Waals surface area contributed by atoms with Crippen molar-refractivity contribution in [2.45, 2.75) is 92.5 Å². The lowest BCUT2D eigenvalue weighted by atomic mass is 9.81. The number of hydrogen-bond acceptors (Lipinski definition) is 6. The highest BCUT2D eigenvalue weighted by Crippen LogP contribution is 2.45. The first-order chi connectivity index (χ1) is 20.2. The zero-order valence-electron chi connectivity index (χ0n) is 26.7. The Morgan fingerprint density at radius 1 is 1.07 bits per heavy atom. The highest BCUT2D eigenvalue weighted by Gasteiger charge is 2.36. The molecule has 2 N–H and O–H groups in total. The molecule has 5 rings (SSSR count). The van der Waals surface area contributed by atoms with Crippen molar-refractivity contribution in [3.8, 4) is 11.1 Å². The van der Waals surface area contributed by atoms with Gasteiger partial charge in [-0.15, -0.1) is 0 Å². The van der Waals surface area contributed by atoms with E-state index in [1.165, 1.54) is 11.1 Å². The van der Waals surface area contributed by atoms with Gasteiger partial charge in [-0.2, -0.15) is 0 Å². The lowest BCUT2D eigenvalue weighted by Crippen LogP contribution is -2.39. The first-order valence-electron chi connectivity index (χ1n) is 15.4. The molecule has 2 aromatic heterocycles. The molecule has 0 aliphatic carbocycles. The van der Waals surface area contributed by atoms with E-state index in [1.54, 1.807) is 12.3 Å². The molecule has 230 valence electrons. The molecule has 0 radical (unpaired) electrons. The van der Waals surface area contributed by atoms with Crippen LogP contribution in [0.25, 0.3) is 11.1 Å². The summed E-state index contributed by atoms with van der Waals surface area (Å²) in [5.41, 5.74) is 8.49. The minimum Gasteiger partial charge on any atom is -0.479 e. The van der Waals surface area contributed by atoms with Crippen molar-refractivity contribution in [3.05, 3.63) is 80.5 Å². The molecule has 2 aliphatic rings. The van der Waals surface area contributed by atoms with Gasteiger partial charge >= 0.3 is 5.97 Å². The van der Waals surface area contributed by atoms with E-state index in [1.807, 2.05) is 40.7 Å². The molecule has 8 nitrogen and oxygen atoms in total. The number of hydrogen-bond donors (Lipinski definition) is 2. The lowest BCUT2D eigenvalue weighted by Gasteiger charge is -2.41. The number of carboxylic acid groups (broad SMARTS) is 1. The van der Waals surface area contributed by atoms with Crippen LogP contribution in [0.2, 0.25) is 0 Å². The molecular weight excluding hydrogens is 540 g/mol. The van der Waals surface area contributed by atoms with Crippen LogP contribution in [0.1, 0.15) is 87.2 Å². The summed E-state index contributed by atoms with van der Waals surface area (Å²) in [4.78, 5) is 36.7. The molecule has 8 heteroatoms. The van der Waals surface area contributed by atoms with E-state index in [2.05, 4.69) is 46.8 Å². The number of rotatable bonds is 7. The Balaban J connectivity index is 1.57. The van der Waals surface area contributed by atoms with E-state index in [-0.39, 0.29) is 11.0 Å². The van der Waals surface area contributed by atoms with E-state index in [4.69, 9.17) is 9.72 Å². The van der Waals surface area contributed by atoms with E-state index in [0.29, 0.717) is 11.3 Å². The van der Waals surface area contributed by atoms with Gasteiger partial charge in [-0.25, -0.2) is 4.79 Å². The minimum atomic E-state index is -1.13. The smallest absolute Gasteiger partial charge is 0.337 e. The van der Waals surface area contributed by atoms with E-state index in [9.17, 15) is 14.7 Å². The topological polar surface area (TPSA) is 98.8 Å². The van der Waals surface area contributed by atoms with Gasteiger partial charge < -0.3 is 19.7 Å². The number of ether oxygens (including phenoxy) is 1. The Hall–Kier alpha value is -3.49.